The van der Waals surface area contributed by atoms with Crippen LogP contribution in [0.1, 0.15) is 16.7 Å². The third kappa shape index (κ3) is 2.82. The van der Waals surface area contributed by atoms with Crippen LogP contribution in [0.3, 0.4) is 0 Å². The minimum Gasteiger partial charge on any atom is -0.497 e. The Bertz CT molecular complexity index is 612. The average molecular weight is 288 g/mol. The highest BCUT2D eigenvalue weighted by Crippen LogP contribution is 2.25. The average Bonchev–Trinajstić information content (AvgIpc) is 2.49. The second-order valence-electron chi connectivity index (χ2n) is 5.19. The zero-order chi connectivity index (χ0) is 13.9. The summed E-state index contributed by atoms with van der Waals surface area (Å²) in [5.74, 6) is 0.948. The van der Waals surface area contributed by atoms with Crippen molar-refractivity contribution in [2.75, 3.05) is 13.7 Å². The van der Waals surface area contributed by atoms with Crippen molar-refractivity contribution in [1.82, 2.24) is 4.90 Å². The lowest BCUT2D eigenvalue weighted by Gasteiger charge is -2.29. The van der Waals surface area contributed by atoms with Crippen LogP contribution in [0.25, 0.3) is 0 Å². The van der Waals surface area contributed by atoms with Crippen LogP contribution in [-0.4, -0.2) is 18.6 Å². The van der Waals surface area contributed by atoms with E-state index in [4.69, 9.17) is 16.3 Å². The van der Waals surface area contributed by atoms with Crippen molar-refractivity contribution >= 4 is 11.6 Å². The smallest absolute Gasteiger partial charge is 0.119 e. The van der Waals surface area contributed by atoms with E-state index in [9.17, 15) is 0 Å². The van der Waals surface area contributed by atoms with Gasteiger partial charge in [0.05, 0.1) is 7.11 Å². The fourth-order valence-electron chi connectivity index (χ4n) is 2.72. The largest absolute Gasteiger partial charge is 0.497 e. The zero-order valence-electron chi connectivity index (χ0n) is 11.6. The number of benzene rings is 2. The van der Waals surface area contributed by atoms with E-state index in [1.54, 1.807) is 7.11 Å². The molecule has 2 aromatic carbocycles. The highest BCUT2D eigenvalue weighted by molar-refractivity contribution is 6.31. The summed E-state index contributed by atoms with van der Waals surface area (Å²) in [6.07, 6.45) is 1.07. The lowest BCUT2D eigenvalue weighted by atomic mass is 9.99. The van der Waals surface area contributed by atoms with Gasteiger partial charge in [-0.3, -0.25) is 4.90 Å². The van der Waals surface area contributed by atoms with Crippen LogP contribution in [0, 0.1) is 0 Å². The number of nitrogens with zero attached hydrogens (tertiary/aromatic N) is 1. The van der Waals surface area contributed by atoms with Crippen molar-refractivity contribution in [3.8, 4) is 5.75 Å². The molecule has 0 unspecified atom stereocenters. The van der Waals surface area contributed by atoms with E-state index in [0.717, 1.165) is 36.8 Å². The van der Waals surface area contributed by atoms with Gasteiger partial charge in [-0.1, -0.05) is 35.9 Å². The summed E-state index contributed by atoms with van der Waals surface area (Å²) >= 11 is 6.24. The van der Waals surface area contributed by atoms with E-state index >= 15 is 0 Å². The van der Waals surface area contributed by atoms with E-state index in [2.05, 4.69) is 23.1 Å². The standard InChI is InChI=1S/C17H18ClNO/c1-20-16-7-6-14-11-19(9-8-13(14)10-16)12-15-4-2-3-5-17(15)18/h2-7,10H,8-9,11-12H2,1H3. The predicted octanol–water partition coefficient (Wildman–Crippen LogP) is 3.91. The second kappa shape index (κ2) is 5.86. The van der Waals surface area contributed by atoms with Crippen LogP contribution < -0.4 is 4.74 Å². The Balaban J connectivity index is 1.74. The van der Waals surface area contributed by atoms with Crippen LogP contribution in [0.5, 0.6) is 5.75 Å². The number of halogens is 1. The first-order valence-corrected chi connectivity index (χ1v) is 7.25. The van der Waals surface area contributed by atoms with E-state index in [1.807, 2.05) is 24.3 Å². The van der Waals surface area contributed by atoms with E-state index in [1.165, 1.54) is 16.7 Å². The number of fused-ring (bicyclic) bond motifs is 1. The van der Waals surface area contributed by atoms with Gasteiger partial charge in [0.2, 0.25) is 0 Å². The highest BCUT2D eigenvalue weighted by atomic mass is 35.5. The third-order valence-electron chi connectivity index (χ3n) is 3.86. The third-order valence-corrected chi connectivity index (χ3v) is 4.23. The maximum atomic E-state index is 6.24. The Labute approximate surface area is 124 Å². The molecular formula is C17H18ClNO. The van der Waals surface area contributed by atoms with E-state index < -0.39 is 0 Å². The molecule has 20 heavy (non-hydrogen) atoms. The number of ether oxygens (including phenoxy) is 1. The van der Waals surface area contributed by atoms with Gasteiger partial charge >= 0.3 is 0 Å². The summed E-state index contributed by atoms with van der Waals surface area (Å²) < 4.78 is 5.29. The summed E-state index contributed by atoms with van der Waals surface area (Å²) in [6.45, 7) is 2.95. The predicted molar refractivity (Wildman–Crippen MR) is 82.3 cm³/mol. The minimum atomic E-state index is 0.855. The molecule has 0 N–H and O–H groups in total. The first kappa shape index (κ1) is 13.5. The van der Waals surface area contributed by atoms with Crippen LogP contribution in [0.15, 0.2) is 42.5 Å². The fourth-order valence-corrected chi connectivity index (χ4v) is 2.91. The molecule has 0 aromatic heterocycles. The zero-order valence-corrected chi connectivity index (χ0v) is 12.4. The Kier molecular flexibility index (Phi) is 3.95. The fraction of sp³-hybridized carbons (Fsp3) is 0.294. The van der Waals surface area contributed by atoms with Crippen LogP contribution >= 0.6 is 11.6 Å². The van der Waals surface area contributed by atoms with E-state index in [-0.39, 0.29) is 0 Å². The molecule has 3 heteroatoms. The van der Waals surface area contributed by atoms with Crippen molar-refractivity contribution in [2.24, 2.45) is 0 Å². The molecule has 2 aromatic rings. The molecule has 0 spiro atoms. The number of hydrogen-bond acceptors (Lipinski definition) is 2. The van der Waals surface area contributed by atoms with Gasteiger partial charge in [0.25, 0.3) is 0 Å². The number of methoxy groups -OCH3 is 1. The molecule has 0 fully saturated rings. The van der Waals surface area contributed by atoms with Crippen molar-refractivity contribution in [1.29, 1.82) is 0 Å². The summed E-state index contributed by atoms with van der Waals surface area (Å²) in [7, 11) is 1.72. The molecule has 0 saturated heterocycles. The molecule has 3 rings (SSSR count). The summed E-state index contributed by atoms with van der Waals surface area (Å²) in [5, 5.41) is 0.855. The Morgan fingerprint density at radius 2 is 2.00 bits per heavy atom. The topological polar surface area (TPSA) is 12.5 Å². The number of hydrogen-bond donors (Lipinski definition) is 0. The molecule has 0 atom stereocenters. The van der Waals surface area contributed by atoms with Gasteiger partial charge in [-0.25, -0.2) is 0 Å². The van der Waals surface area contributed by atoms with Crippen molar-refractivity contribution in [3.63, 3.8) is 0 Å². The van der Waals surface area contributed by atoms with Gasteiger partial charge in [-0.2, -0.15) is 0 Å². The Hall–Kier alpha value is -1.51. The van der Waals surface area contributed by atoms with Crippen LogP contribution in [0.4, 0.5) is 0 Å². The first-order chi connectivity index (χ1) is 9.76. The van der Waals surface area contributed by atoms with Crippen molar-refractivity contribution in [2.45, 2.75) is 19.5 Å². The lowest BCUT2D eigenvalue weighted by Crippen LogP contribution is -2.30. The molecule has 0 saturated carbocycles. The van der Waals surface area contributed by atoms with Crippen LogP contribution in [-0.2, 0) is 19.5 Å². The molecule has 0 radical (unpaired) electrons. The monoisotopic (exact) mass is 287 g/mol. The summed E-state index contributed by atoms with van der Waals surface area (Å²) in [6, 6.07) is 14.5. The van der Waals surface area contributed by atoms with Crippen molar-refractivity contribution < 1.29 is 4.74 Å². The first-order valence-electron chi connectivity index (χ1n) is 6.88. The molecule has 0 bridgehead atoms. The summed E-state index contributed by atoms with van der Waals surface area (Å²) in [5.41, 5.74) is 4.00. The van der Waals surface area contributed by atoms with Gasteiger partial charge < -0.3 is 4.74 Å². The maximum absolute atomic E-state index is 6.24. The van der Waals surface area contributed by atoms with Gasteiger partial charge in [0, 0.05) is 24.7 Å². The summed E-state index contributed by atoms with van der Waals surface area (Å²) in [4.78, 5) is 2.44. The molecule has 1 aliphatic rings. The lowest BCUT2D eigenvalue weighted by molar-refractivity contribution is 0.245. The van der Waals surface area contributed by atoms with Crippen molar-refractivity contribution in [3.05, 3.63) is 64.2 Å². The maximum Gasteiger partial charge on any atom is 0.119 e. The quantitative estimate of drug-likeness (QED) is 0.849. The Morgan fingerprint density at radius 1 is 1.15 bits per heavy atom. The van der Waals surface area contributed by atoms with Gasteiger partial charge in [-0.15, -0.1) is 0 Å². The SMILES string of the molecule is COc1ccc2c(c1)CCN(Cc1ccccc1Cl)C2. The van der Waals surface area contributed by atoms with Gasteiger partial charge in [0.15, 0.2) is 0 Å². The van der Waals surface area contributed by atoms with Gasteiger partial charge in [-0.05, 0) is 41.3 Å². The highest BCUT2D eigenvalue weighted by Gasteiger charge is 2.17. The Morgan fingerprint density at radius 3 is 2.80 bits per heavy atom. The molecule has 1 aliphatic heterocycles. The second-order valence-corrected chi connectivity index (χ2v) is 5.59. The van der Waals surface area contributed by atoms with Crippen LogP contribution in [0.2, 0.25) is 5.02 Å². The minimum absolute atomic E-state index is 0.855. The molecule has 2 nitrogen and oxygen atoms in total. The molecule has 104 valence electrons. The molecular weight excluding hydrogens is 270 g/mol. The molecule has 0 amide bonds. The van der Waals surface area contributed by atoms with E-state index in [0.29, 0.717) is 0 Å². The molecule has 1 heterocycles. The number of rotatable bonds is 3. The molecule has 0 aliphatic carbocycles. The van der Waals surface area contributed by atoms with Gasteiger partial charge in [0.1, 0.15) is 5.75 Å². The normalized spacial score (nSPS) is 14.9.